The lowest BCUT2D eigenvalue weighted by atomic mass is 9.79. The van der Waals surface area contributed by atoms with Gasteiger partial charge in [0.1, 0.15) is 0 Å². The summed E-state index contributed by atoms with van der Waals surface area (Å²) in [5.74, 6) is -1.71. The third kappa shape index (κ3) is 8.30. The van der Waals surface area contributed by atoms with E-state index in [9.17, 15) is 22.0 Å². The van der Waals surface area contributed by atoms with Gasteiger partial charge in [0.15, 0.2) is 11.6 Å². The molecule has 2 fully saturated rings. The lowest BCUT2D eigenvalue weighted by Crippen LogP contribution is -2.22. The van der Waals surface area contributed by atoms with Gasteiger partial charge < -0.3 is 4.74 Å². The molecule has 210 valence electrons. The molecular weight excluding hydrogens is 511 g/mol. The Kier molecular flexibility index (Phi) is 10.3. The van der Waals surface area contributed by atoms with E-state index in [1.807, 2.05) is 12.1 Å². The van der Waals surface area contributed by atoms with E-state index < -0.39 is 32.5 Å². The first-order valence-electron chi connectivity index (χ1n) is 14.6. The van der Waals surface area contributed by atoms with Crippen molar-refractivity contribution >= 4 is 8.80 Å². The maximum Gasteiger partial charge on any atom is 0.573 e. The maximum atomic E-state index is 14.1. The van der Waals surface area contributed by atoms with Crippen molar-refractivity contribution in [2.45, 2.75) is 108 Å². The summed E-state index contributed by atoms with van der Waals surface area (Å²) in [6, 6.07) is 13.6. The molecule has 0 radical (unpaired) electrons. The van der Waals surface area contributed by atoms with Crippen LogP contribution in [0.2, 0.25) is 18.1 Å². The number of halogens is 5. The van der Waals surface area contributed by atoms with Crippen molar-refractivity contribution in [2.75, 3.05) is 0 Å². The first kappa shape index (κ1) is 29.1. The van der Waals surface area contributed by atoms with E-state index in [1.165, 1.54) is 94.3 Å². The molecule has 0 atom stereocenters. The minimum Gasteiger partial charge on any atom is -0.399 e. The first-order chi connectivity index (χ1) is 18.2. The summed E-state index contributed by atoms with van der Waals surface area (Å²) in [4.78, 5) is 0. The van der Waals surface area contributed by atoms with E-state index in [0.29, 0.717) is 11.5 Å². The number of alkyl halides is 3. The fraction of sp³-hybridized carbons (Fsp3) is 0.613. The highest BCUT2D eigenvalue weighted by molar-refractivity contribution is 6.59. The molecule has 1 aliphatic carbocycles. The van der Waals surface area contributed by atoms with E-state index >= 15 is 0 Å². The standard InChI is InChI=1S/C31H41F5OSi/c1-2-3-4-5-22-6-8-23(9-7-22)14-17-38-18-15-26(16-19-38)24-10-12-25(13-11-24)27-20-28(32)30(29(33)21-27)37-31(34,35)36/h10-13,20-23,26,38H,2-9,14-19H2,1H3/t22-,23-,26?,38?. The Balaban J connectivity index is 1.22. The number of hydrogen-bond acceptors (Lipinski definition) is 1. The van der Waals surface area contributed by atoms with Crippen LogP contribution in [0.4, 0.5) is 22.0 Å². The number of hydrogen-bond donors (Lipinski definition) is 0. The van der Waals surface area contributed by atoms with Gasteiger partial charge in [0, 0.05) is 8.80 Å². The van der Waals surface area contributed by atoms with Crippen LogP contribution < -0.4 is 4.74 Å². The Bertz CT molecular complexity index is 983. The zero-order chi connectivity index (χ0) is 27.1. The summed E-state index contributed by atoms with van der Waals surface area (Å²) < 4.78 is 68.9. The maximum absolute atomic E-state index is 14.1. The summed E-state index contributed by atoms with van der Waals surface area (Å²) in [5, 5.41) is 0. The SMILES string of the molecule is CCCCC[C@H]1CC[C@H](CC[SiH]2CCC(c3ccc(-c4cc(F)c(OC(F)(F)F)c(F)c4)cc3)CC2)CC1. The van der Waals surface area contributed by atoms with Gasteiger partial charge in [-0.05, 0) is 59.4 Å². The van der Waals surface area contributed by atoms with Gasteiger partial charge in [-0.1, -0.05) is 107 Å². The van der Waals surface area contributed by atoms with E-state index in [4.69, 9.17) is 0 Å². The van der Waals surface area contributed by atoms with Crippen LogP contribution in [0, 0.1) is 23.5 Å². The molecule has 2 aromatic rings. The highest BCUT2D eigenvalue weighted by atomic mass is 28.3. The van der Waals surface area contributed by atoms with Crippen molar-refractivity contribution in [2.24, 2.45) is 11.8 Å². The van der Waals surface area contributed by atoms with Gasteiger partial charge in [0.2, 0.25) is 5.75 Å². The fourth-order valence-electron chi connectivity index (χ4n) is 6.64. The van der Waals surface area contributed by atoms with Gasteiger partial charge in [-0.15, -0.1) is 13.2 Å². The summed E-state index contributed by atoms with van der Waals surface area (Å²) in [5.41, 5.74) is 1.99. The summed E-state index contributed by atoms with van der Waals surface area (Å²) >= 11 is 0. The molecule has 2 aromatic carbocycles. The van der Waals surface area contributed by atoms with E-state index in [1.54, 1.807) is 12.1 Å². The molecule has 0 aromatic heterocycles. The Labute approximate surface area is 225 Å². The highest BCUT2D eigenvalue weighted by Crippen LogP contribution is 2.39. The van der Waals surface area contributed by atoms with Crippen LogP contribution in [-0.2, 0) is 0 Å². The zero-order valence-electron chi connectivity index (χ0n) is 22.5. The first-order valence-corrected chi connectivity index (χ1v) is 17.0. The predicted octanol–water partition coefficient (Wildman–Crippen LogP) is 10.4. The van der Waals surface area contributed by atoms with Gasteiger partial charge in [-0.25, -0.2) is 8.78 Å². The molecule has 0 unspecified atom stereocenters. The van der Waals surface area contributed by atoms with Crippen LogP contribution in [0.3, 0.4) is 0 Å². The molecule has 0 amide bonds. The van der Waals surface area contributed by atoms with Crippen LogP contribution in [0.25, 0.3) is 11.1 Å². The minimum absolute atomic E-state index is 0.187. The number of unbranched alkanes of at least 4 members (excludes halogenated alkanes) is 2. The molecule has 0 spiro atoms. The van der Waals surface area contributed by atoms with Gasteiger partial charge in [0.05, 0.1) is 0 Å². The van der Waals surface area contributed by atoms with E-state index in [-0.39, 0.29) is 5.56 Å². The molecule has 0 N–H and O–H groups in total. The molecule has 2 aliphatic rings. The lowest BCUT2D eigenvalue weighted by molar-refractivity contribution is -0.276. The van der Waals surface area contributed by atoms with Crippen molar-refractivity contribution in [3.05, 3.63) is 53.6 Å². The molecule has 1 aliphatic heterocycles. The largest absolute Gasteiger partial charge is 0.573 e. The van der Waals surface area contributed by atoms with E-state index in [0.717, 1.165) is 24.0 Å². The van der Waals surface area contributed by atoms with Crippen LogP contribution in [0.5, 0.6) is 5.75 Å². The van der Waals surface area contributed by atoms with Crippen molar-refractivity contribution in [1.82, 2.24) is 0 Å². The molecule has 7 heteroatoms. The smallest absolute Gasteiger partial charge is 0.399 e. The number of benzene rings is 2. The summed E-state index contributed by atoms with van der Waals surface area (Å²) in [6.45, 7) is 2.28. The zero-order valence-corrected chi connectivity index (χ0v) is 23.6. The van der Waals surface area contributed by atoms with Crippen LogP contribution in [0.1, 0.15) is 89.0 Å². The summed E-state index contributed by atoms with van der Waals surface area (Å²) in [6.07, 6.45) is 10.1. The van der Waals surface area contributed by atoms with Crippen LogP contribution in [0.15, 0.2) is 36.4 Å². The average Bonchev–Trinajstić information content (AvgIpc) is 2.90. The Hall–Kier alpha value is -1.89. The minimum atomic E-state index is -5.15. The second-order valence-electron chi connectivity index (χ2n) is 11.6. The number of ether oxygens (including phenoxy) is 1. The molecule has 38 heavy (non-hydrogen) atoms. The van der Waals surface area contributed by atoms with Crippen LogP contribution >= 0.6 is 0 Å². The van der Waals surface area contributed by atoms with E-state index in [2.05, 4.69) is 11.7 Å². The van der Waals surface area contributed by atoms with Crippen molar-refractivity contribution in [3.8, 4) is 16.9 Å². The quantitative estimate of drug-likeness (QED) is 0.162. The Morgan fingerprint density at radius 1 is 0.789 bits per heavy atom. The van der Waals surface area contributed by atoms with Crippen molar-refractivity contribution in [1.29, 1.82) is 0 Å². The van der Waals surface area contributed by atoms with Gasteiger partial charge >= 0.3 is 6.36 Å². The third-order valence-electron chi connectivity index (χ3n) is 8.94. The molecule has 1 nitrogen and oxygen atoms in total. The fourth-order valence-corrected chi connectivity index (χ4v) is 10.2. The molecule has 0 bridgehead atoms. The molecular formula is C31H41F5OSi. The normalized spacial score (nSPS) is 24.4. The second-order valence-corrected chi connectivity index (χ2v) is 15.1. The molecule has 1 heterocycles. The van der Waals surface area contributed by atoms with Gasteiger partial charge in [0.25, 0.3) is 0 Å². The van der Waals surface area contributed by atoms with Gasteiger partial charge in [-0.3, -0.25) is 0 Å². The molecule has 4 rings (SSSR count). The van der Waals surface area contributed by atoms with Crippen LogP contribution in [-0.4, -0.2) is 15.2 Å². The lowest BCUT2D eigenvalue weighted by Gasteiger charge is -2.31. The van der Waals surface area contributed by atoms with Crippen molar-refractivity contribution < 1.29 is 26.7 Å². The topological polar surface area (TPSA) is 9.23 Å². The highest BCUT2D eigenvalue weighted by Gasteiger charge is 2.34. The van der Waals surface area contributed by atoms with Crippen molar-refractivity contribution in [3.63, 3.8) is 0 Å². The summed E-state index contributed by atoms with van der Waals surface area (Å²) in [7, 11) is -0.664. The molecule has 1 saturated carbocycles. The average molecular weight is 553 g/mol. The second kappa shape index (κ2) is 13.4. The Morgan fingerprint density at radius 2 is 1.37 bits per heavy atom. The Morgan fingerprint density at radius 3 is 1.92 bits per heavy atom. The molecule has 1 saturated heterocycles. The predicted molar refractivity (Wildman–Crippen MR) is 146 cm³/mol. The third-order valence-corrected chi connectivity index (χ3v) is 12.4. The number of rotatable bonds is 10. The monoisotopic (exact) mass is 552 g/mol. The van der Waals surface area contributed by atoms with Gasteiger partial charge in [-0.2, -0.15) is 0 Å².